The van der Waals surface area contributed by atoms with E-state index >= 15 is 0 Å². The number of carbonyl (C=O) groups is 2. The number of halogens is 2. The number of nitrogens with one attached hydrogen (secondary N) is 1. The van der Waals surface area contributed by atoms with Crippen molar-refractivity contribution in [1.82, 2.24) is 19.3 Å². The van der Waals surface area contributed by atoms with Gasteiger partial charge in [0.05, 0.1) is 34.5 Å². The van der Waals surface area contributed by atoms with Gasteiger partial charge in [0.25, 0.3) is 5.91 Å². The van der Waals surface area contributed by atoms with E-state index in [2.05, 4.69) is 15.3 Å². The molecule has 0 aliphatic heterocycles. The second-order valence-corrected chi connectivity index (χ2v) is 12.4. The van der Waals surface area contributed by atoms with E-state index in [1.165, 1.54) is 25.2 Å². The summed E-state index contributed by atoms with van der Waals surface area (Å²) in [6, 6.07) is 11.8. The Hall–Kier alpha value is -3.05. The Balaban J connectivity index is 1.40. The van der Waals surface area contributed by atoms with Crippen LogP contribution in [0.1, 0.15) is 29.2 Å². The summed E-state index contributed by atoms with van der Waals surface area (Å²) in [6.45, 7) is 2.70. The summed E-state index contributed by atoms with van der Waals surface area (Å²) in [5, 5.41) is 3.72. The molecule has 1 aromatic carbocycles. The minimum Gasteiger partial charge on any atom is -0.345 e. The van der Waals surface area contributed by atoms with Crippen molar-refractivity contribution in [2.75, 3.05) is 6.54 Å². The number of benzene rings is 1. The Morgan fingerprint density at radius 3 is 2.49 bits per heavy atom. The summed E-state index contributed by atoms with van der Waals surface area (Å²) in [4.78, 5) is 33.7. The quantitative estimate of drug-likeness (QED) is 0.296. The monoisotopic (exact) mass is 576 g/mol. The third-order valence-electron chi connectivity index (χ3n) is 5.49. The first-order valence-corrected chi connectivity index (χ1v) is 14.3. The van der Waals surface area contributed by atoms with Crippen molar-refractivity contribution >= 4 is 56.3 Å². The van der Waals surface area contributed by atoms with Gasteiger partial charge in [0, 0.05) is 29.5 Å². The largest absolute Gasteiger partial charge is 0.345 e. The van der Waals surface area contributed by atoms with Crippen molar-refractivity contribution in [1.29, 1.82) is 0 Å². The second kappa shape index (κ2) is 11.1. The maximum Gasteiger partial charge on any atom is 0.254 e. The Bertz CT molecular complexity index is 1560. The fourth-order valence-electron chi connectivity index (χ4n) is 3.44. The summed E-state index contributed by atoms with van der Waals surface area (Å²) >= 11 is 13.5. The average molecular weight is 578 g/mol. The van der Waals surface area contributed by atoms with Crippen molar-refractivity contribution in [3.63, 3.8) is 0 Å². The van der Waals surface area contributed by atoms with Gasteiger partial charge in [-0.2, -0.15) is 0 Å². The van der Waals surface area contributed by atoms with Gasteiger partial charge in [-0.15, -0.1) is 11.3 Å². The lowest BCUT2D eigenvalue weighted by Crippen LogP contribution is -2.30. The molecule has 0 aliphatic carbocycles. The molecule has 4 aromatic rings. The number of hydrogen-bond acceptors (Lipinski definition) is 7. The first-order valence-electron chi connectivity index (χ1n) is 11.1. The van der Waals surface area contributed by atoms with Gasteiger partial charge in [-0.1, -0.05) is 41.4 Å². The van der Waals surface area contributed by atoms with Crippen molar-refractivity contribution in [3.05, 3.63) is 81.1 Å². The number of rotatable bonds is 9. The third-order valence-corrected chi connectivity index (χ3v) is 9.32. The van der Waals surface area contributed by atoms with Gasteiger partial charge >= 0.3 is 0 Å². The standard InChI is InChI=1S/C25H22Cl2N4O4S2/c1-15(2)37(34,35)31-13-20(23(26)24(31)27)25(33)29-12-19(32)11-22-30-21(14-36-22)18-5-3-4-17(10-18)16-6-8-28-9-7-16/h3-10,13-15H,11-12H2,1-2H3,(H,29,33). The highest BCUT2D eigenvalue weighted by molar-refractivity contribution is 7.90. The molecule has 3 aromatic heterocycles. The number of hydrogen-bond donors (Lipinski definition) is 1. The molecule has 0 radical (unpaired) electrons. The zero-order valence-electron chi connectivity index (χ0n) is 19.8. The molecule has 12 heteroatoms. The number of ketones is 1. The first kappa shape index (κ1) is 27.0. The van der Waals surface area contributed by atoms with Crippen molar-refractivity contribution in [2.24, 2.45) is 0 Å². The van der Waals surface area contributed by atoms with Crippen LogP contribution in [-0.2, 0) is 21.2 Å². The maximum absolute atomic E-state index is 12.6. The molecule has 0 atom stereocenters. The molecule has 0 spiro atoms. The van der Waals surface area contributed by atoms with E-state index in [4.69, 9.17) is 23.2 Å². The zero-order valence-corrected chi connectivity index (χ0v) is 23.0. The van der Waals surface area contributed by atoms with E-state index in [-0.39, 0.29) is 34.5 Å². The van der Waals surface area contributed by atoms with Gasteiger partial charge in [0.2, 0.25) is 10.0 Å². The number of aromatic nitrogens is 3. The molecular formula is C25H22Cl2N4O4S2. The van der Waals surface area contributed by atoms with Gasteiger partial charge in [-0.05, 0) is 43.2 Å². The van der Waals surface area contributed by atoms with E-state index < -0.39 is 21.2 Å². The topological polar surface area (TPSA) is 111 Å². The van der Waals surface area contributed by atoms with Crippen molar-refractivity contribution in [2.45, 2.75) is 25.5 Å². The SMILES string of the molecule is CC(C)S(=O)(=O)n1cc(C(=O)NCC(=O)Cc2nc(-c3cccc(-c4ccncc4)c3)cs2)c(Cl)c1Cl. The Morgan fingerprint density at radius 1 is 1.08 bits per heavy atom. The highest BCUT2D eigenvalue weighted by atomic mass is 35.5. The molecule has 0 saturated carbocycles. The van der Waals surface area contributed by atoms with Gasteiger partial charge in [0.1, 0.15) is 10.2 Å². The predicted octanol–water partition coefficient (Wildman–Crippen LogP) is 5.11. The van der Waals surface area contributed by atoms with Crippen LogP contribution in [0.4, 0.5) is 0 Å². The fraction of sp³-hybridized carbons (Fsp3) is 0.200. The van der Waals surface area contributed by atoms with Crippen LogP contribution in [-0.4, -0.2) is 45.8 Å². The lowest BCUT2D eigenvalue weighted by molar-refractivity contribution is -0.117. The third kappa shape index (κ3) is 5.93. The second-order valence-electron chi connectivity index (χ2n) is 8.38. The Morgan fingerprint density at radius 2 is 1.78 bits per heavy atom. The molecule has 1 N–H and O–H groups in total. The number of Topliss-reactive ketones (excluding diaryl/α,β-unsaturated/α-hetero) is 1. The molecule has 0 fully saturated rings. The van der Waals surface area contributed by atoms with E-state index in [9.17, 15) is 18.0 Å². The Labute approximate surface area is 228 Å². The van der Waals surface area contributed by atoms with Crippen LogP contribution in [0, 0.1) is 0 Å². The molecule has 1 amide bonds. The molecule has 8 nitrogen and oxygen atoms in total. The van der Waals surface area contributed by atoms with E-state index in [1.54, 1.807) is 12.4 Å². The summed E-state index contributed by atoms with van der Waals surface area (Å²) < 4.78 is 25.6. The van der Waals surface area contributed by atoms with Crippen LogP contribution in [0.25, 0.3) is 22.4 Å². The van der Waals surface area contributed by atoms with Crippen LogP contribution >= 0.6 is 34.5 Å². The molecule has 37 heavy (non-hydrogen) atoms. The first-order chi connectivity index (χ1) is 17.6. The van der Waals surface area contributed by atoms with Crippen LogP contribution in [0.15, 0.2) is 60.4 Å². The van der Waals surface area contributed by atoms with Crippen molar-refractivity contribution < 1.29 is 18.0 Å². The molecule has 0 unspecified atom stereocenters. The molecule has 0 bridgehead atoms. The minimum atomic E-state index is -3.81. The minimum absolute atomic E-state index is 0.0339. The van der Waals surface area contributed by atoms with Gasteiger partial charge in [-0.25, -0.2) is 17.4 Å². The molecule has 3 heterocycles. The number of carbonyl (C=O) groups excluding carboxylic acids is 2. The number of thiazole rings is 1. The van der Waals surface area contributed by atoms with Crippen LogP contribution in [0.3, 0.4) is 0 Å². The average Bonchev–Trinajstić information content (AvgIpc) is 3.47. The fourth-order valence-corrected chi connectivity index (χ4v) is 6.01. The van der Waals surface area contributed by atoms with E-state index in [1.807, 2.05) is 41.8 Å². The summed E-state index contributed by atoms with van der Waals surface area (Å²) in [6.07, 6.45) is 4.57. The van der Waals surface area contributed by atoms with Crippen LogP contribution in [0.2, 0.25) is 10.2 Å². The smallest absolute Gasteiger partial charge is 0.254 e. The molecule has 192 valence electrons. The van der Waals surface area contributed by atoms with Crippen LogP contribution in [0.5, 0.6) is 0 Å². The zero-order chi connectivity index (χ0) is 26.7. The number of amides is 1. The summed E-state index contributed by atoms with van der Waals surface area (Å²) in [7, 11) is -3.81. The highest BCUT2D eigenvalue weighted by Gasteiger charge is 2.27. The summed E-state index contributed by atoms with van der Waals surface area (Å²) in [5.74, 6) is -0.970. The number of pyridine rings is 1. The van der Waals surface area contributed by atoms with Crippen molar-refractivity contribution in [3.8, 4) is 22.4 Å². The van der Waals surface area contributed by atoms with Crippen LogP contribution < -0.4 is 5.32 Å². The Kier molecular flexibility index (Phi) is 8.13. The maximum atomic E-state index is 12.6. The molecular weight excluding hydrogens is 555 g/mol. The summed E-state index contributed by atoms with van der Waals surface area (Å²) in [5.41, 5.74) is 3.61. The molecule has 0 aliphatic rings. The highest BCUT2D eigenvalue weighted by Crippen LogP contribution is 2.31. The number of nitrogens with zero attached hydrogens (tertiary/aromatic N) is 3. The lowest BCUT2D eigenvalue weighted by Gasteiger charge is -2.09. The normalized spacial score (nSPS) is 11.6. The van der Waals surface area contributed by atoms with Gasteiger partial charge in [0.15, 0.2) is 5.78 Å². The predicted molar refractivity (Wildman–Crippen MR) is 146 cm³/mol. The van der Waals surface area contributed by atoms with E-state index in [0.29, 0.717) is 5.01 Å². The van der Waals surface area contributed by atoms with Gasteiger partial charge in [-0.3, -0.25) is 14.6 Å². The van der Waals surface area contributed by atoms with E-state index in [0.717, 1.165) is 32.6 Å². The molecule has 4 rings (SSSR count). The lowest BCUT2D eigenvalue weighted by atomic mass is 10.0. The van der Waals surface area contributed by atoms with Gasteiger partial charge < -0.3 is 5.32 Å². The molecule has 0 saturated heterocycles.